The maximum absolute atomic E-state index is 12.4. The van der Waals surface area contributed by atoms with Crippen molar-refractivity contribution in [3.63, 3.8) is 0 Å². The van der Waals surface area contributed by atoms with E-state index in [1.54, 1.807) is 0 Å². The summed E-state index contributed by atoms with van der Waals surface area (Å²) in [6.45, 7) is 0.827. The number of hydrogen-bond donors (Lipinski definition) is 3. The second-order valence-electron chi connectivity index (χ2n) is 7.74. The third kappa shape index (κ3) is 5.83. The Labute approximate surface area is 186 Å². The molecule has 0 bridgehead atoms. The van der Waals surface area contributed by atoms with E-state index in [1.165, 1.54) is 0 Å². The maximum Gasteiger partial charge on any atom is 0.407 e. The number of aliphatic carboxylic acids is 1. The van der Waals surface area contributed by atoms with Crippen LogP contribution in [0.15, 0.2) is 48.5 Å². The fourth-order valence-corrected chi connectivity index (χ4v) is 3.59. The summed E-state index contributed by atoms with van der Waals surface area (Å²) in [5, 5.41) is 11.4. The van der Waals surface area contributed by atoms with E-state index in [0.717, 1.165) is 22.3 Å². The van der Waals surface area contributed by atoms with Crippen LogP contribution in [-0.2, 0) is 19.2 Å². The molecule has 32 heavy (non-hydrogen) atoms. The molecule has 1 aliphatic carbocycles. The minimum atomic E-state index is -1.33. The Morgan fingerprint density at radius 1 is 1.03 bits per heavy atom. The van der Waals surface area contributed by atoms with Crippen molar-refractivity contribution in [2.24, 2.45) is 0 Å². The lowest BCUT2D eigenvalue weighted by Gasteiger charge is -2.19. The van der Waals surface area contributed by atoms with Gasteiger partial charge >= 0.3 is 12.1 Å². The topological polar surface area (TPSA) is 117 Å². The molecule has 1 atom stereocenters. The fraction of sp³-hybridized carbons (Fsp3) is 0.348. The van der Waals surface area contributed by atoms with E-state index >= 15 is 0 Å². The van der Waals surface area contributed by atoms with E-state index in [1.807, 2.05) is 67.5 Å². The molecule has 2 aromatic rings. The van der Waals surface area contributed by atoms with E-state index in [9.17, 15) is 14.4 Å². The molecule has 9 heteroatoms. The first-order chi connectivity index (χ1) is 15.4. The Morgan fingerprint density at radius 3 is 2.19 bits per heavy atom. The van der Waals surface area contributed by atoms with E-state index in [0.29, 0.717) is 6.54 Å². The number of hydrogen-bond acceptors (Lipinski definition) is 6. The highest BCUT2D eigenvalue weighted by Crippen LogP contribution is 2.44. The van der Waals surface area contributed by atoms with Crippen molar-refractivity contribution in [3.05, 3.63) is 59.7 Å². The number of rotatable bonds is 10. The van der Waals surface area contributed by atoms with Crippen LogP contribution in [0.2, 0.25) is 0 Å². The lowest BCUT2D eigenvalue weighted by molar-refractivity contribution is -0.143. The Morgan fingerprint density at radius 2 is 1.62 bits per heavy atom. The van der Waals surface area contributed by atoms with Gasteiger partial charge in [-0.05, 0) is 36.3 Å². The van der Waals surface area contributed by atoms with E-state index in [2.05, 4.69) is 10.8 Å². The standard InChI is InChI=1S/C23H27N3O6/c1-26(2)11-12-32-25-22(29)20(13-21(27)28)24-23(30)31-14-19-17-9-5-3-7-15(17)16-8-4-6-10-18(16)19/h3-10,19-20H,11-14H2,1-2H3,(H,24,30)(H,25,29)(H,27,28). The van der Waals surface area contributed by atoms with Crippen LogP contribution in [0.5, 0.6) is 0 Å². The number of nitrogens with one attached hydrogen (secondary N) is 2. The molecule has 0 saturated heterocycles. The minimum absolute atomic E-state index is 0.0562. The zero-order valence-electron chi connectivity index (χ0n) is 18.0. The molecule has 1 unspecified atom stereocenters. The van der Waals surface area contributed by atoms with Crippen LogP contribution in [-0.4, -0.2) is 67.9 Å². The first-order valence-corrected chi connectivity index (χ1v) is 10.3. The van der Waals surface area contributed by atoms with Gasteiger partial charge in [0.25, 0.3) is 5.91 Å². The van der Waals surface area contributed by atoms with Gasteiger partial charge in [0.1, 0.15) is 12.6 Å². The number of carbonyl (C=O) groups excluding carboxylic acids is 2. The van der Waals surface area contributed by atoms with E-state index in [4.69, 9.17) is 14.7 Å². The van der Waals surface area contributed by atoms with Gasteiger partial charge in [0.15, 0.2) is 0 Å². The first kappa shape index (κ1) is 23.2. The van der Waals surface area contributed by atoms with Crippen LogP contribution in [0.4, 0.5) is 4.79 Å². The van der Waals surface area contributed by atoms with Crippen LogP contribution in [0, 0.1) is 0 Å². The summed E-state index contributed by atoms with van der Waals surface area (Å²) in [7, 11) is 3.69. The molecule has 0 heterocycles. The molecular weight excluding hydrogens is 414 g/mol. The van der Waals surface area contributed by atoms with E-state index < -0.39 is 30.4 Å². The van der Waals surface area contributed by atoms with Gasteiger partial charge in [-0.3, -0.25) is 14.4 Å². The average molecular weight is 441 g/mol. The summed E-state index contributed by atoms with van der Waals surface area (Å²) in [6, 6.07) is 14.5. The summed E-state index contributed by atoms with van der Waals surface area (Å²) in [5.41, 5.74) is 6.46. The Balaban J connectivity index is 1.59. The van der Waals surface area contributed by atoms with Crippen molar-refractivity contribution >= 4 is 18.0 Å². The molecular formula is C23H27N3O6. The van der Waals surface area contributed by atoms with Gasteiger partial charge in [-0.2, -0.15) is 0 Å². The number of likely N-dealkylation sites (N-methyl/N-ethyl adjacent to an activating group) is 1. The van der Waals surface area contributed by atoms with Crippen molar-refractivity contribution in [2.45, 2.75) is 18.4 Å². The largest absolute Gasteiger partial charge is 0.481 e. The molecule has 1 aliphatic rings. The molecule has 0 aromatic heterocycles. The Kier molecular flexibility index (Phi) is 7.80. The maximum atomic E-state index is 12.4. The number of hydroxylamine groups is 1. The van der Waals surface area contributed by atoms with Crippen LogP contribution in [0.3, 0.4) is 0 Å². The minimum Gasteiger partial charge on any atom is -0.481 e. The van der Waals surface area contributed by atoms with Crippen LogP contribution >= 0.6 is 0 Å². The van der Waals surface area contributed by atoms with Crippen molar-refractivity contribution in [1.82, 2.24) is 15.7 Å². The lowest BCUT2D eigenvalue weighted by atomic mass is 9.98. The number of amides is 2. The number of nitrogens with zero attached hydrogens (tertiary/aromatic N) is 1. The highest BCUT2D eigenvalue weighted by atomic mass is 16.7. The van der Waals surface area contributed by atoms with Crippen molar-refractivity contribution < 1.29 is 29.1 Å². The fourth-order valence-electron chi connectivity index (χ4n) is 3.59. The number of carboxylic acid groups (broad SMARTS) is 1. The predicted octanol–water partition coefficient (Wildman–Crippen LogP) is 1.98. The SMILES string of the molecule is CN(C)CCONC(=O)C(CC(=O)O)NC(=O)OCC1c2ccccc2-c2ccccc21. The first-order valence-electron chi connectivity index (χ1n) is 10.3. The monoisotopic (exact) mass is 441 g/mol. The molecule has 0 saturated carbocycles. The molecule has 0 fully saturated rings. The molecule has 170 valence electrons. The molecule has 3 rings (SSSR count). The van der Waals surface area contributed by atoms with Crippen molar-refractivity contribution in [3.8, 4) is 11.1 Å². The predicted molar refractivity (Wildman–Crippen MR) is 117 cm³/mol. The number of ether oxygens (including phenoxy) is 1. The van der Waals surface area contributed by atoms with Gasteiger partial charge in [0.05, 0.1) is 13.0 Å². The number of fused-ring (bicyclic) bond motifs is 3. The molecule has 3 N–H and O–H groups in total. The van der Waals surface area contributed by atoms with Crippen molar-refractivity contribution in [1.29, 1.82) is 0 Å². The smallest absolute Gasteiger partial charge is 0.407 e. The van der Waals surface area contributed by atoms with Gasteiger partial charge in [0, 0.05) is 12.5 Å². The van der Waals surface area contributed by atoms with Gasteiger partial charge in [-0.25, -0.2) is 10.3 Å². The number of carbonyl (C=O) groups is 3. The molecule has 0 spiro atoms. The summed E-state index contributed by atoms with van der Waals surface area (Å²) >= 11 is 0. The zero-order valence-corrected chi connectivity index (χ0v) is 18.0. The highest BCUT2D eigenvalue weighted by molar-refractivity contribution is 5.88. The summed E-state index contributed by atoms with van der Waals surface area (Å²) in [6.07, 6.45) is -1.48. The molecule has 0 aliphatic heterocycles. The third-order valence-electron chi connectivity index (χ3n) is 5.14. The van der Waals surface area contributed by atoms with Gasteiger partial charge in [-0.1, -0.05) is 48.5 Å². The summed E-state index contributed by atoms with van der Waals surface area (Å²) < 4.78 is 5.39. The Bertz CT molecular complexity index is 932. The lowest BCUT2D eigenvalue weighted by Crippen LogP contribution is -2.48. The molecule has 2 amide bonds. The highest BCUT2D eigenvalue weighted by Gasteiger charge is 2.30. The second-order valence-corrected chi connectivity index (χ2v) is 7.74. The molecule has 9 nitrogen and oxygen atoms in total. The van der Waals surface area contributed by atoms with Crippen molar-refractivity contribution in [2.75, 3.05) is 33.9 Å². The second kappa shape index (κ2) is 10.7. The summed E-state index contributed by atoms with van der Waals surface area (Å²) in [5.74, 6) is -2.15. The van der Waals surface area contributed by atoms with Crippen LogP contribution in [0.25, 0.3) is 11.1 Å². The van der Waals surface area contributed by atoms with Crippen LogP contribution in [0.1, 0.15) is 23.5 Å². The molecule has 2 aromatic carbocycles. The number of carboxylic acids is 1. The van der Waals surface area contributed by atoms with Gasteiger partial charge in [-0.15, -0.1) is 0 Å². The number of benzene rings is 2. The zero-order chi connectivity index (χ0) is 23.1. The van der Waals surface area contributed by atoms with Gasteiger partial charge in [0.2, 0.25) is 0 Å². The quantitative estimate of drug-likeness (QED) is 0.381. The number of alkyl carbamates (subject to hydrolysis) is 1. The average Bonchev–Trinajstić information content (AvgIpc) is 3.08. The van der Waals surface area contributed by atoms with Crippen LogP contribution < -0.4 is 10.8 Å². The van der Waals surface area contributed by atoms with E-state index in [-0.39, 0.29) is 19.1 Å². The normalized spacial score (nSPS) is 13.2. The molecule has 0 radical (unpaired) electrons. The Hall–Kier alpha value is -3.43. The third-order valence-corrected chi connectivity index (χ3v) is 5.14. The van der Waals surface area contributed by atoms with Gasteiger partial charge < -0.3 is 20.1 Å². The summed E-state index contributed by atoms with van der Waals surface area (Å²) in [4.78, 5) is 42.7.